The number of benzene rings is 1. The number of sulfonamides is 1. The van der Waals surface area contributed by atoms with Crippen LogP contribution in [-0.4, -0.2) is 33.6 Å². The van der Waals surface area contributed by atoms with Crippen molar-refractivity contribution < 1.29 is 17.5 Å². The molecule has 0 atom stereocenters. The molecule has 0 saturated heterocycles. The minimum absolute atomic E-state index is 0.0612. The predicted octanol–water partition coefficient (Wildman–Crippen LogP) is 1.61. The number of anilines is 1. The maximum absolute atomic E-state index is 13.6. The molecule has 0 aliphatic heterocycles. The summed E-state index contributed by atoms with van der Waals surface area (Å²) in [5.74, 6) is 0.366. The van der Waals surface area contributed by atoms with Gasteiger partial charge in [0.25, 0.3) is 0 Å². The lowest BCUT2D eigenvalue weighted by molar-refractivity contribution is 0.388. The molecule has 1 aromatic carbocycles. The molecule has 0 saturated carbocycles. The molecule has 0 aromatic heterocycles. The molecule has 0 spiro atoms. The van der Waals surface area contributed by atoms with Crippen molar-refractivity contribution in [1.29, 1.82) is 0 Å². The van der Waals surface area contributed by atoms with Crippen molar-refractivity contribution in [2.45, 2.75) is 4.90 Å². The summed E-state index contributed by atoms with van der Waals surface area (Å²) in [5, 5.41) is 0. The third kappa shape index (κ3) is 4.39. The lowest BCUT2D eigenvalue weighted by Crippen LogP contribution is -2.26. The van der Waals surface area contributed by atoms with Crippen molar-refractivity contribution in [3.05, 3.63) is 30.6 Å². The topological polar surface area (TPSA) is 81.4 Å². The van der Waals surface area contributed by atoms with Crippen LogP contribution in [0.2, 0.25) is 0 Å². The zero-order valence-electron chi connectivity index (χ0n) is 11.1. The standard InChI is InChI=1S/C12H17FN2O3S2/c1-3-5-19-6-4-15-20(16,17)9-7-10(13)12(18-2)11(14)8-9/h3,7-8,15H,1,4-6,14H2,2H3. The molecule has 112 valence electrons. The molecule has 0 aliphatic rings. The van der Waals surface area contributed by atoms with Gasteiger partial charge in [-0.05, 0) is 12.1 Å². The maximum atomic E-state index is 13.6. The zero-order valence-corrected chi connectivity index (χ0v) is 12.7. The summed E-state index contributed by atoms with van der Waals surface area (Å²) in [6.45, 7) is 3.81. The van der Waals surface area contributed by atoms with Crippen LogP contribution in [0.1, 0.15) is 0 Å². The predicted molar refractivity (Wildman–Crippen MR) is 80.1 cm³/mol. The van der Waals surface area contributed by atoms with Gasteiger partial charge in [0.1, 0.15) is 0 Å². The van der Waals surface area contributed by atoms with Crippen LogP contribution in [0, 0.1) is 5.82 Å². The molecule has 1 aromatic rings. The second kappa shape index (κ2) is 7.51. The average molecular weight is 320 g/mol. The van der Waals surface area contributed by atoms with E-state index in [4.69, 9.17) is 10.5 Å². The number of nitrogens with two attached hydrogens (primary N) is 1. The normalized spacial score (nSPS) is 11.3. The van der Waals surface area contributed by atoms with Crippen LogP contribution in [0.25, 0.3) is 0 Å². The number of hydrogen-bond donors (Lipinski definition) is 2. The van der Waals surface area contributed by atoms with Gasteiger partial charge in [-0.1, -0.05) is 6.08 Å². The summed E-state index contributed by atoms with van der Waals surface area (Å²) in [6, 6.07) is 2.05. The monoisotopic (exact) mass is 320 g/mol. The van der Waals surface area contributed by atoms with E-state index in [1.807, 2.05) is 0 Å². The van der Waals surface area contributed by atoms with Crippen molar-refractivity contribution in [2.24, 2.45) is 0 Å². The van der Waals surface area contributed by atoms with Crippen LogP contribution in [0.15, 0.2) is 29.7 Å². The Bertz CT molecular complexity index is 553. The van der Waals surface area contributed by atoms with Gasteiger partial charge in [0.05, 0.1) is 17.7 Å². The number of ether oxygens (including phenoxy) is 1. The SMILES string of the molecule is C=CCSCCNS(=O)(=O)c1cc(N)c(OC)c(F)c1. The minimum atomic E-state index is -3.78. The van der Waals surface area contributed by atoms with E-state index in [1.54, 1.807) is 6.08 Å². The molecule has 0 bridgehead atoms. The molecule has 1 rings (SSSR count). The van der Waals surface area contributed by atoms with E-state index in [9.17, 15) is 12.8 Å². The quantitative estimate of drug-likeness (QED) is 0.432. The Morgan fingerprint density at radius 2 is 2.25 bits per heavy atom. The Balaban J connectivity index is 2.80. The fourth-order valence-corrected chi connectivity index (χ4v) is 3.24. The van der Waals surface area contributed by atoms with Crippen molar-refractivity contribution in [3.8, 4) is 5.75 Å². The van der Waals surface area contributed by atoms with Crippen molar-refractivity contribution in [1.82, 2.24) is 4.72 Å². The van der Waals surface area contributed by atoms with E-state index in [0.29, 0.717) is 5.75 Å². The molecule has 0 fully saturated rings. The van der Waals surface area contributed by atoms with Crippen LogP contribution in [-0.2, 0) is 10.0 Å². The summed E-state index contributed by atoms with van der Waals surface area (Å²) in [4.78, 5) is -0.220. The van der Waals surface area contributed by atoms with Gasteiger partial charge in [0, 0.05) is 18.1 Å². The Morgan fingerprint density at radius 3 is 2.80 bits per heavy atom. The number of halogens is 1. The van der Waals surface area contributed by atoms with E-state index >= 15 is 0 Å². The zero-order chi connectivity index (χ0) is 15.2. The van der Waals surface area contributed by atoms with Gasteiger partial charge in [-0.2, -0.15) is 11.8 Å². The molecular formula is C12H17FN2O3S2. The molecule has 5 nitrogen and oxygen atoms in total. The Morgan fingerprint density at radius 1 is 1.55 bits per heavy atom. The van der Waals surface area contributed by atoms with Crippen LogP contribution < -0.4 is 15.2 Å². The summed E-state index contributed by atoms with van der Waals surface area (Å²) >= 11 is 1.54. The average Bonchev–Trinajstić information content (AvgIpc) is 2.38. The van der Waals surface area contributed by atoms with Gasteiger partial charge in [0.15, 0.2) is 11.6 Å². The first kappa shape index (κ1) is 16.8. The fourth-order valence-electron chi connectivity index (χ4n) is 1.46. The first-order valence-corrected chi connectivity index (χ1v) is 8.37. The number of nitrogens with one attached hydrogen (secondary N) is 1. The van der Waals surface area contributed by atoms with Crippen molar-refractivity contribution in [2.75, 3.05) is 30.9 Å². The van der Waals surface area contributed by atoms with Crippen LogP contribution in [0.5, 0.6) is 5.75 Å². The molecule has 0 heterocycles. The molecule has 0 radical (unpaired) electrons. The van der Waals surface area contributed by atoms with Crippen molar-refractivity contribution in [3.63, 3.8) is 0 Å². The molecule has 0 aliphatic carbocycles. The van der Waals surface area contributed by atoms with Gasteiger partial charge < -0.3 is 10.5 Å². The van der Waals surface area contributed by atoms with E-state index < -0.39 is 15.8 Å². The summed E-state index contributed by atoms with van der Waals surface area (Å²) in [7, 11) is -2.52. The number of hydrogen-bond acceptors (Lipinski definition) is 5. The first-order valence-electron chi connectivity index (χ1n) is 5.73. The van der Waals surface area contributed by atoms with E-state index in [1.165, 1.54) is 24.9 Å². The molecule has 3 N–H and O–H groups in total. The van der Waals surface area contributed by atoms with Crippen molar-refractivity contribution >= 4 is 27.5 Å². The highest BCUT2D eigenvalue weighted by atomic mass is 32.2. The second-order valence-corrected chi connectivity index (χ2v) is 6.71. The fraction of sp³-hybridized carbons (Fsp3) is 0.333. The lowest BCUT2D eigenvalue weighted by Gasteiger charge is -2.10. The van der Waals surface area contributed by atoms with Crippen LogP contribution in [0.3, 0.4) is 0 Å². The molecule has 20 heavy (non-hydrogen) atoms. The summed E-state index contributed by atoms with van der Waals surface area (Å²) < 4.78 is 44.7. The Hall–Kier alpha value is -1.25. The molecular weight excluding hydrogens is 303 g/mol. The number of rotatable bonds is 8. The van der Waals surface area contributed by atoms with E-state index in [-0.39, 0.29) is 22.9 Å². The number of nitrogen functional groups attached to an aromatic ring is 1. The minimum Gasteiger partial charge on any atom is -0.492 e. The van der Waals surface area contributed by atoms with Gasteiger partial charge in [-0.25, -0.2) is 17.5 Å². The maximum Gasteiger partial charge on any atom is 0.240 e. The number of thioether (sulfide) groups is 1. The Labute approximate surface area is 122 Å². The third-order valence-electron chi connectivity index (χ3n) is 2.33. The van der Waals surface area contributed by atoms with Gasteiger partial charge in [-0.3, -0.25) is 0 Å². The smallest absolute Gasteiger partial charge is 0.240 e. The highest BCUT2D eigenvalue weighted by Crippen LogP contribution is 2.28. The second-order valence-electron chi connectivity index (χ2n) is 3.79. The largest absolute Gasteiger partial charge is 0.492 e. The molecule has 0 amide bonds. The summed E-state index contributed by atoms with van der Waals surface area (Å²) in [5.41, 5.74) is 5.49. The van der Waals surface area contributed by atoms with Crippen LogP contribution >= 0.6 is 11.8 Å². The molecule has 0 unspecified atom stereocenters. The van der Waals surface area contributed by atoms with Gasteiger partial charge >= 0.3 is 0 Å². The molecule has 8 heteroatoms. The van der Waals surface area contributed by atoms with Gasteiger partial charge in [-0.15, -0.1) is 6.58 Å². The highest BCUT2D eigenvalue weighted by Gasteiger charge is 2.18. The third-order valence-corrected chi connectivity index (χ3v) is 4.74. The van der Waals surface area contributed by atoms with Gasteiger partial charge in [0.2, 0.25) is 10.0 Å². The van der Waals surface area contributed by atoms with E-state index in [2.05, 4.69) is 11.3 Å². The Kier molecular flexibility index (Phi) is 6.31. The highest BCUT2D eigenvalue weighted by molar-refractivity contribution is 7.99. The van der Waals surface area contributed by atoms with Crippen LogP contribution in [0.4, 0.5) is 10.1 Å². The first-order chi connectivity index (χ1) is 9.42. The lowest BCUT2D eigenvalue weighted by atomic mass is 10.3. The number of methoxy groups -OCH3 is 1. The summed E-state index contributed by atoms with van der Waals surface area (Å²) in [6.07, 6.45) is 1.73. The van der Waals surface area contributed by atoms with E-state index in [0.717, 1.165) is 11.8 Å².